The normalized spacial score (nSPS) is 6.11. The van der Waals surface area contributed by atoms with E-state index in [0.717, 1.165) is 13.5 Å². The highest BCUT2D eigenvalue weighted by molar-refractivity contribution is 5.66. The van der Waals surface area contributed by atoms with E-state index < -0.39 is 5.97 Å². The van der Waals surface area contributed by atoms with Gasteiger partial charge in [0.25, 0.3) is 0 Å². The number of rotatable bonds is 2. The molecule has 4 nitrogen and oxygen atoms in total. The molecule has 0 saturated carbocycles. The standard InChI is InChI=1S/C4H8O2.CH4O.H2O/c1-2-3-4(5)6;1-2;/h2-3H2,1H3,(H,5,6);2H,1H3;1H2. The monoisotopic (exact) mass is 138 g/mol. The van der Waals surface area contributed by atoms with Gasteiger partial charge in [-0.2, -0.15) is 0 Å². The minimum absolute atomic E-state index is 0. The molecule has 0 aromatic carbocycles. The van der Waals surface area contributed by atoms with Crippen LogP contribution in [0.4, 0.5) is 0 Å². The van der Waals surface area contributed by atoms with Crippen molar-refractivity contribution in [1.82, 2.24) is 0 Å². The molecule has 0 atom stereocenters. The molecule has 0 aromatic rings. The van der Waals surface area contributed by atoms with Gasteiger partial charge in [0.05, 0.1) is 0 Å². The molecule has 0 bridgehead atoms. The first-order chi connectivity index (χ1) is 3.77. The number of carbonyl (C=O) groups is 1. The quantitative estimate of drug-likeness (QED) is 0.546. The van der Waals surface area contributed by atoms with E-state index >= 15 is 0 Å². The largest absolute Gasteiger partial charge is 0.481 e. The fraction of sp³-hybridized carbons (Fsp3) is 0.800. The van der Waals surface area contributed by atoms with Gasteiger partial charge in [-0.3, -0.25) is 4.79 Å². The minimum Gasteiger partial charge on any atom is -0.481 e. The van der Waals surface area contributed by atoms with Crippen molar-refractivity contribution in [2.45, 2.75) is 19.8 Å². The van der Waals surface area contributed by atoms with Gasteiger partial charge in [-0.25, -0.2) is 0 Å². The van der Waals surface area contributed by atoms with E-state index in [-0.39, 0.29) is 5.48 Å². The molecule has 0 radical (unpaired) electrons. The molecule has 0 heterocycles. The Labute approximate surface area is 54.4 Å². The van der Waals surface area contributed by atoms with Gasteiger partial charge < -0.3 is 15.7 Å². The maximum absolute atomic E-state index is 9.60. The van der Waals surface area contributed by atoms with Crippen LogP contribution in [0.5, 0.6) is 0 Å². The number of carboxylic acids is 1. The summed E-state index contributed by atoms with van der Waals surface area (Å²) in [5.41, 5.74) is 0. The fourth-order valence-electron chi connectivity index (χ4n) is 0.214. The summed E-state index contributed by atoms with van der Waals surface area (Å²) in [4.78, 5) is 9.60. The second kappa shape index (κ2) is 15.7. The predicted octanol–water partition coefficient (Wildman–Crippen LogP) is -0.345. The lowest BCUT2D eigenvalue weighted by Crippen LogP contribution is -1.90. The Morgan fingerprint density at radius 1 is 1.44 bits per heavy atom. The summed E-state index contributed by atoms with van der Waals surface area (Å²) in [6.45, 7) is 1.84. The Balaban J connectivity index is -0.000000109. The van der Waals surface area contributed by atoms with Crippen LogP contribution in [0.25, 0.3) is 0 Å². The summed E-state index contributed by atoms with van der Waals surface area (Å²) in [5.74, 6) is -0.711. The third-order valence-electron chi connectivity index (χ3n) is 0.464. The number of hydrogen-bond acceptors (Lipinski definition) is 2. The number of carboxylic acid groups (broad SMARTS) is 1. The zero-order valence-corrected chi connectivity index (χ0v) is 5.72. The average Bonchev–Trinajstić information content (AvgIpc) is 1.72. The highest BCUT2D eigenvalue weighted by Gasteiger charge is 1.87. The molecule has 0 spiro atoms. The lowest BCUT2D eigenvalue weighted by molar-refractivity contribution is -0.137. The van der Waals surface area contributed by atoms with Gasteiger partial charge in [0.2, 0.25) is 0 Å². The van der Waals surface area contributed by atoms with Crippen LogP contribution >= 0.6 is 0 Å². The molecule has 0 rings (SSSR count). The molecule has 0 aliphatic heterocycles. The molecule has 58 valence electrons. The van der Waals surface area contributed by atoms with Gasteiger partial charge >= 0.3 is 5.97 Å². The van der Waals surface area contributed by atoms with E-state index in [9.17, 15) is 4.79 Å². The smallest absolute Gasteiger partial charge is 0.303 e. The van der Waals surface area contributed by atoms with Gasteiger partial charge in [0.1, 0.15) is 0 Å². The summed E-state index contributed by atoms with van der Waals surface area (Å²) in [6.07, 6.45) is 1.02. The van der Waals surface area contributed by atoms with Crippen molar-refractivity contribution in [3.05, 3.63) is 0 Å². The molecule has 0 amide bonds. The number of aliphatic hydroxyl groups is 1. The summed E-state index contributed by atoms with van der Waals surface area (Å²) < 4.78 is 0. The van der Waals surface area contributed by atoms with Gasteiger partial charge in [-0.15, -0.1) is 0 Å². The predicted molar refractivity (Wildman–Crippen MR) is 34.3 cm³/mol. The minimum atomic E-state index is -0.711. The van der Waals surface area contributed by atoms with E-state index in [1.165, 1.54) is 0 Å². The van der Waals surface area contributed by atoms with Crippen LogP contribution in [0, 0.1) is 0 Å². The molecule has 0 unspecified atom stereocenters. The lowest BCUT2D eigenvalue weighted by Gasteiger charge is -1.79. The van der Waals surface area contributed by atoms with Crippen molar-refractivity contribution < 1.29 is 20.5 Å². The van der Waals surface area contributed by atoms with Crippen LogP contribution in [0.15, 0.2) is 0 Å². The van der Waals surface area contributed by atoms with E-state index in [0.29, 0.717) is 6.42 Å². The Kier molecular flexibility index (Phi) is 27.4. The zero-order chi connectivity index (χ0) is 6.99. The fourth-order valence-corrected chi connectivity index (χ4v) is 0.214. The Morgan fingerprint density at radius 3 is 1.78 bits per heavy atom. The van der Waals surface area contributed by atoms with Crippen LogP contribution in [0.2, 0.25) is 0 Å². The molecule has 0 saturated heterocycles. The average molecular weight is 138 g/mol. The Bertz CT molecular complexity index is 52.9. The van der Waals surface area contributed by atoms with Crippen molar-refractivity contribution in [1.29, 1.82) is 0 Å². The van der Waals surface area contributed by atoms with Crippen molar-refractivity contribution in [3.8, 4) is 0 Å². The molecule has 4 N–H and O–H groups in total. The second-order valence-corrected chi connectivity index (χ2v) is 1.14. The first-order valence-corrected chi connectivity index (χ1v) is 2.44. The molecule has 0 aromatic heterocycles. The number of hydrogen-bond donors (Lipinski definition) is 2. The second-order valence-electron chi connectivity index (χ2n) is 1.14. The van der Waals surface area contributed by atoms with Gasteiger partial charge in [0.15, 0.2) is 0 Å². The molecular weight excluding hydrogens is 124 g/mol. The zero-order valence-electron chi connectivity index (χ0n) is 5.72. The maximum Gasteiger partial charge on any atom is 0.303 e. The highest BCUT2D eigenvalue weighted by Crippen LogP contribution is 1.82. The van der Waals surface area contributed by atoms with E-state index in [2.05, 4.69) is 0 Å². The topological polar surface area (TPSA) is 89.0 Å². The van der Waals surface area contributed by atoms with Crippen molar-refractivity contribution >= 4 is 5.97 Å². The molecular formula is C5H14O4. The summed E-state index contributed by atoms with van der Waals surface area (Å²) in [5, 5.41) is 14.9. The van der Waals surface area contributed by atoms with Crippen LogP contribution < -0.4 is 0 Å². The Hall–Kier alpha value is -0.610. The number of aliphatic carboxylic acids is 1. The van der Waals surface area contributed by atoms with Gasteiger partial charge in [0, 0.05) is 13.5 Å². The maximum atomic E-state index is 9.60. The van der Waals surface area contributed by atoms with Crippen LogP contribution in [0.1, 0.15) is 19.8 Å². The SMILES string of the molecule is CCCC(=O)O.CO.O. The third-order valence-corrected chi connectivity index (χ3v) is 0.464. The first kappa shape index (κ1) is 15.8. The van der Waals surface area contributed by atoms with E-state index in [1.54, 1.807) is 0 Å². The summed E-state index contributed by atoms with van der Waals surface area (Å²) in [7, 11) is 1.00. The van der Waals surface area contributed by atoms with Crippen molar-refractivity contribution in [2.24, 2.45) is 0 Å². The van der Waals surface area contributed by atoms with Crippen molar-refractivity contribution in [3.63, 3.8) is 0 Å². The summed E-state index contributed by atoms with van der Waals surface area (Å²) >= 11 is 0. The van der Waals surface area contributed by atoms with Gasteiger partial charge in [-0.05, 0) is 6.42 Å². The molecule has 0 aliphatic carbocycles. The van der Waals surface area contributed by atoms with Crippen molar-refractivity contribution in [2.75, 3.05) is 7.11 Å². The summed E-state index contributed by atoms with van der Waals surface area (Å²) in [6, 6.07) is 0. The third kappa shape index (κ3) is 37.6. The lowest BCUT2D eigenvalue weighted by atomic mass is 10.4. The van der Waals surface area contributed by atoms with Crippen LogP contribution in [0.3, 0.4) is 0 Å². The van der Waals surface area contributed by atoms with Gasteiger partial charge in [-0.1, -0.05) is 6.92 Å². The first-order valence-electron chi connectivity index (χ1n) is 2.44. The molecule has 4 heteroatoms. The molecule has 0 aliphatic rings. The molecule has 0 fully saturated rings. The highest BCUT2D eigenvalue weighted by atomic mass is 16.4. The van der Waals surface area contributed by atoms with E-state index in [4.69, 9.17) is 10.2 Å². The van der Waals surface area contributed by atoms with Crippen LogP contribution in [-0.2, 0) is 4.79 Å². The number of aliphatic hydroxyl groups excluding tert-OH is 1. The molecule has 9 heavy (non-hydrogen) atoms. The van der Waals surface area contributed by atoms with E-state index in [1.807, 2.05) is 6.92 Å². The van der Waals surface area contributed by atoms with Crippen LogP contribution in [-0.4, -0.2) is 28.8 Å². The Morgan fingerprint density at radius 2 is 1.78 bits per heavy atom.